The first kappa shape index (κ1) is 10.8. The molecular formula is C22H12. The Hall–Kier alpha value is -2.86. The molecule has 0 saturated heterocycles. The van der Waals surface area contributed by atoms with Gasteiger partial charge < -0.3 is 0 Å². The number of hydrogen-bond acceptors (Lipinski definition) is 0. The van der Waals surface area contributed by atoms with Crippen molar-refractivity contribution in [3.05, 3.63) is 71.8 Å². The Balaban J connectivity index is 2.06. The summed E-state index contributed by atoms with van der Waals surface area (Å²) in [5, 5.41) is 11.0. The molecule has 0 heterocycles. The number of benzene rings is 5. The van der Waals surface area contributed by atoms with E-state index in [9.17, 15) is 0 Å². The fourth-order valence-corrected chi connectivity index (χ4v) is 4.18. The molecule has 0 N–H and O–H groups in total. The van der Waals surface area contributed by atoms with Crippen LogP contribution >= 0.6 is 0 Å². The van der Waals surface area contributed by atoms with Crippen molar-refractivity contribution in [2.45, 2.75) is 0 Å². The second-order valence-electron chi connectivity index (χ2n) is 6.24. The summed E-state index contributed by atoms with van der Waals surface area (Å²) in [5.41, 5.74) is 2.71. The minimum atomic E-state index is 1.32. The quantitative estimate of drug-likeness (QED) is 0.228. The summed E-state index contributed by atoms with van der Waals surface area (Å²) < 4.78 is 0. The number of fused-ring (bicyclic) bond motifs is 2. The van der Waals surface area contributed by atoms with Gasteiger partial charge in [-0.05, 0) is 66.3 Å². The molecule has 0 aromatic heterocycles. The molecule has 0 spiro atoms. The molecule has 5 aromatic rings. The maximum absolute atomic E-state index is 2.35. The molecule has 0 aliphatic heterocycles. The van der Waals surface area contributed by atoms with Gasteiger partial charge in [-0.2, -0.15) is 0 Å². The number of rotatable bonds is 0. The van der Waals surface area contributed by atoms with E-state index in [2.05, 4.69) is 72.8 Å². The zero-order chi connectivity index (χ0) is 14.3. The SMILES string of the molecule is C1=Cc2cc3cc4ccccc4c4ccc5ccc1c2c5c34. The second kappa shape index (κ2) is 3.48. The summed E-state index contributed by atoms with van der Waals surface area (Å²) in [6, 6.07) is 22.5. The zero-order valence-electron chi connectivity index (χ0n) is 11.9. The Bertz CT molecular complexity index is 1260. The van der Waals surface area contributed by atoms with Crippen molar-refractivity contribution >= 4 is 55.2 Å². The molecule has 0 heteroatoms. The van der Waals surface area contributed by atoms with Gasteiger partial charge in [0.15, 0.2) is 0 Å². The molecule has 1 aliphatic carbocycles. The highest BCUT2D eigenvalue weighted by molar-refractivity contribution is 6.32. The van der Waals surface area contributed by atoms with E-state index in [1.807, 2.05) is 0 Å². The normalized spacial score (nSPS) is 13.3. The van der Waals surface area contributed by atoms with E-state index in [0.29, 0.717) is 0 Å². The molecule has 0 nitrogen and oxygen atoms in total. The Morgan fingerprint density at radius 2 is 1.32 bits per heavy atom. The van der Waals surface area contributed by atoms with Crippen LogP contribution in [0.4, 0.5) is 0 Å². The van der Waals surface area contributed by atoms with E-state index in [1.165, 1.54) is 54.2 Å². The lowest BCUT2D eigenvalue weighted by Crippen LogP contribution is -1.88. The molecule has 100 valence electrons. The summed E-state index contributed by atoms with van der Waals surface area (Å²) in [5.74, 6) is 0. The van der Waals surface area contributed by atoms with Crippen LogP contribution in [0.25, 0.3) is 55.2 Å². The largest absolute Gasteiger partial charge is 0.0616 e. The second-order valence-corrected chi connectivity index (χ2v) is 6.24. The number of hydrogen-bond donors (Lipinski definition) is 0. The standard InChI is InChI=1S/C22H12/c1-2-4-18-15(3-1)11-17-12-16-8-7-13-5-6-14-9-10-19(18)21(17)22(14)20(13)16/h1-12H. The topological polar surface area (TPSA) is 0 Å². The van der Waals surface area contributed by atoms with Crippen molar-refractivity contribution in [2.24, 2.45) is 0 Å². The first-order valence-corrected chi connectivity index (χ1v) is 7.71. The van der Waals surface area contributed by atoms with Gasteiger partial charge in [-0.15, -0.1) is 0 Å². The Morgan fingerprint density at radius 3 is 2.32 bits per heavy atom. The van der Waals surface area contributed by atoms with Crippen LogP contribution < -0.4 is 0 Å². The van der Waals surface area contributed by atoms with Crippen LogP contribution in [0.5, 0.6) is 0 Å². The Labute approximate surface area is 127 Å². The molecular weight excluding hydrogens is 264 g/mol. The first-order valence-electron chi connectivity index (χ1n) is 7.71. The molecule has 0 bridgehead atoms. The predicted octanol–water partition coefficient (Wildman–Crippen LogP) is 6.22. The van der Waals surface area contributed by atoms with Crippen molar-refractivity contribution in [1.29, 1.82) is 0 Å². The smallest absolute Gasteiger partial charge is 0.00145 e. The van der Waals surface area contributed by atoms with Crippen molar-refractivity contribution < 1.29 is 0 Å². The van der Waals surface area contributed by atoms with E-state index in [-0.39, 0.29) is 0 Å². The summed E-state index contributed by atoms with van der Waals surface area (Å²) in [4.78, 5) is 0. The minimum Gasteiger partial charge on any atom is -0.0616 e. The summed E-state index contributed by atoms with van der Waals surface area (Å²) in [7, 11) is 0. The van der Waals surface area contributed by atoms with Gasteiger partial charge in [-0.25, -0.2) is 0 Å². The summed E-state index contributed by atoms with van der Waals surface area (Å²) in [6.07, 6.45) is 4.49. The highest BCUT2D eigenvalue weighted by Gasteiger charge is 2.17. The Morgan fingerprint density at radius 1 is 0.455 bits per heavy atom. The van der Waals surface area contributed by atoms with E-state index in [4.69, 9.17) is 0 Å². The molecule has 5 aromatic carbocycles. The highest BCUT2D eigenvalue weighted by atomic mass is 14.2. The zero-order valence-corrected chi connectivity index (χ0v) is 11.9. The molecule has 1 aliphatic rings. The van der Waals surface area contributed by atoms with Crippen LogP contribution in [0, 0.1) is 0 Å². The average molecular weight is 276 g/mol. The Kier molecular flexibility index (Phi) is 1.71. The molecule has 6 rings (SSSR count). The van der Waals surface area contributed by atoms with Crippen molar-refractivity contribution in [1.82, 2.24) is 0 Å². The van der Waals surface area contributed by atoms with Crippen molar-refractivity contribution in [3.8, 4) is 0 Å². The lowest BCUT2D eigenvalue weighted by atomic mass is 9.89. The maximum Gasteiger partial charge on any atom is -0.00145 e. The molecule has 22 heavy (non-hydrogen) atoms. The lowest BCUT2D eigenvalue weighted by molar-refractivity contribution is 1.76. The van der Waals surface area contributed by atoms with Crippen LogP contribution in [-0.2, 0) is 0 Å². The fourth-order valence-electron chi connectivity index (χ4n) is 4.18. The first-order chi connectivity index (χ1) is 10.9. The van der Waals surface area contributed by atoms with Crippen LogP contribution in [0.2, 0.25) is 0 Å². The molecule has 0 radical (unpaired) electrons. The molecule has 0 unspecified atom stereocenters. The van der Waals surface area contributed by atoms with Crippen LogP contribution in [0.1, 0.15) is 11.1 Å². The highest BCUT2D eigenvalue weighted by Crippen LogP contribution is 2.43. The maximum atomic E-state index is 2.35. The van der Waals surface area contributed by atoms with Crippen LogP contribution in [0.3, 0.4) is 0 Å². The third-order valence-corrected chi connectivity index (χ3v) is 5.11. The van der Waals surface area contributed by atoms with Gasteiger partial charge in [0, 0.05) is 0 Å². The predicted molar refractivity (Wildman–Crippen MR) is 96.6 cm³/mol. The van der Waals surface area contributed by atoms with Gasteiger partial charge in [0.1, 0.15) is 0 Å². The van der Waals surface area contributed by atoms with Crippen LogP contribution in [-0.4, -0.2) is 0 Å². The van der Waals surface area contributed by atoms with E-state index >= 15 is 0 Å². The average Bonchev–Trinajstić information content (AvgIpc) is 2.98. The third-order valence-electron chi connectivity index (χ3n) is 5.11. The van der Waals surface area contributed by atoms with Gasteiger partial charge in [0.05, 0.1) is 0 Å². The van der Waals surface area contributed by atoms with Crippen molar-refractivity contribution in [3.63, 3.8) is 0 Å². The van der Waals surface area contributed by atoms with Gasteiger partial charge in [-0.1, -0.05) is 60.7 Å². The van der Waals surface area contributed by atoms with Gasteiger partial charge >= 0.3 is 0 Å². The summed E-state index contributed by atoms with van der Waals surface area (Å²) >= 11 is 0. The molecule has 0 amide bonds. The molecule has 0 saturated carbocycles. The monoisotopic (exact) mass is 276 g/mol. The van der Waals surface area contributed by atoms with E-state index in [1.54, 1.807) is 0 Å². The van der Waals surface area contributed by atoms with E-state index < -0.39 is 0 Å². The fraction of sp³-hybridized carbons (Fsp3) is 0. The van der Waals surface area contributed by atoms with Gasteiger partial charge in [0.25, 0.3) is 0 Å². The lowest BCUT2D eigenvalue weighted by Gasteiger charge is -2.14. The van der Waals surface area contributed by atoms with Crippen LogP contribution in [0.15, 0.2) is 60.7 Å². The van der Waals surface area contributed by atoms with Gasteiger partial charge in [0.2, 0.25) is 0 Å². The summed E-state index contributed by atoms with van der Waals surface area (Å²) in [6.45, 7) is 0. The molecule has 0 atom stereocenters. The van der Waals surface area contributed by atoms with Gasteiger partial charge in [-0.3, -0.25) is 0 Å². The molecule has 0 fully saturated rings. The van der Waals surface area contributed by atoms with Crippen molar-refractivity contribution in [2.75, 3.05) is 0 Å². The minimum absolute atomic E-state index is 1.32. The third kappa shape index (κ3) is 1.12. The van der Waals surface area contributed by atoms with E-state index in [0.717, 1.165) is 0 Å².